The van der Waals surface area contributed by atoms with E-state index in [0.29, 0.717) is 24.2 Å². The van der Waals surface area contributed by atoms with Crippen molar-refractivity contribution in [1.82, 2.24) is 5.32 Å². The Bertz CT molecular complexity index is 706. The summed E-state index contributed by atoms with van der Waals surface area (Å²) in [6, 6.07) is 10.9. The zero-order valence-electron chi connectivity index (χ0n) is 13.7. The molecule has 7 heteroatoms. The lowest BCUT2D eigenvalue weighted by Gasteiger charge is -2.09. The fraction of sp³-hybridized carbons (Fsp3) is 0.278. The Balaban J connectivity index is 1.70. The molecule has 0 atom stereocenters. The minimum atomic E-state index is -2.85. The van der Waals surface area contributed by atoms with Crippen LogP contribution in [0.4, 0.5) is 18.9 Å². The maximum absolute atomic E-state index is 13.4. The van der Waals surface area contributed by atoms with Crippen LogP contribution in [0.2, 0.25) is 0 Å². The third-order valence-electron chi connectivity index (χ3n) is 3.51. The monoisotopic (exact) mass is 352 g/mol. The van der Waals surface area contributed by atoms with Crippen LogP contribution in [-0.4, -0.2) is 25.6 Å². The molecule has 0 unspecified atom stereocenters. The molecular weight excluding hydrogens is 333 g/mol. The van der Waals surface area contributed by atoms with E-state index in [-0.39, 0.29) is 24.0 Å². The maximum atomic E-state index is 13.4. The highest BCUT2D eigenvalue weighted by Gasteiger charge is 2.05. The average molecular weight is 352 g/mol. The zero-order valence-corrected chi connectivity index (χ0v) is 13.7. The first-order valence-electron chi connectivity index (χ1n) is 7.74. The van der Waals surface area contributed by atoms with Gasteiger partial charge >= 0.3 is 6.61 Å². The van der Waals surface area contributed by atoms with Crippen LogP contribution in [0.3, 0.4) is 0 Å². The Hall–Kier alpha value is -2.70. The van der Waals surface area contributed by atoms with Gasteiger partial charge in [0.15, 0.2) is 0 Å². The van der Waals surface area contributed by atoms with Crippen LogP contribution in [-0.2, 0) is 11.2 Å². The van der Waals surface area contributed by atoms with Crippen molar-refractivity contribution in [2.45, 2.75) is 20.0 Å². The lowest BCUT2D eigenvalue weighted by atomic mass is 10.1. The number of rotatable bonds is 8. The topological polar surface area (TPSA) is 50.4 Å². The van der Waals surface area contributed by atoms with Gasteiger partial charge in [0.05, 0.1) is 6.54 Å². The van der Waals surface area contributed by atoms with E-state index in [1.807, 2.05) is 0 Å². The van der Waals surface area contributed by atoms with Crippen molar-refractivity contribution < 1.29 is 22.7 Å². The van der Waals surface area contributed by atoms with Gasteiger partial charge in [-0.05, 0) is 48.7 Å². The van der Waals surface area contributed by atoms with Gasteiger partial charge in [-0.25, -0.2) is 4.39 Å². The van der Waals surface area contributed by atoms with Gasteiger partial charge in [0.2, 0.25) is 5.91 Å². The molecule has 4 nitrogen and oxygen atoms in total. The number of hydrogen-bond donors (Lipinski definition) is 2. The largest absolute Gasteiger partial charge is 0.435 e. The summed E-state index contributed by atoms with van der Waals surface area (Å²) in [4.78, 5) is 11.8. The van der Waals surface area contributed by atoms with Crippen LogP contribution in [0.5, 0.6) is 5.75 Å². The standard InChI is InChI=1S/C18H19F3N2O2/c1-12-2-5-14(10-16(12)19)23-11-17(24)22-9-8-13-3-6-15(7-4-13)25-18(20)21/h2-7,10,18,23H,8-9,11H2,1H3,(H,22,24). The fourth-order valence-corrected chi connectivity index (χ4v) is 2.13. The summed E-state index contributed by atoms with van der Waals surface area (Å²) in [6.45, 7) is -0.751. The molecule has 2 aromatic carbocycles. The Morgan fingerprint density at radius 3 is 2.52 bits per heavy atom. The van der Waals surface area contributed by atoms with E-state index in [4.69, 9.17) is 0 Å². The predicted molar refractivity (Wildman–Crippen MR) is 89.4 cm³/mol. The zero-order chi connectivity index (χ0) is 18.2. The molecule has 0 aromatic heterocycles. The minimum Gasteiger partial charge on any atom is -0.435 e. The Kier molecular flexibility index (Phi) is 6.68. The summed E-state index contributed by atoms with van der Waals surface area (Å²) >= 11 is 0. The summed E-state index contributed by atoms with van der Waals surface area (Å²) in [7, 11) is 0. The van der Waals surface area contributed by atoms with E-state index < -0.39 is 6.61 Å². The SMILES string of the molecule is Cc1ccc(NCC(=O)NCCc2ccc(OC(F)F)cc2)cc1F. The molecule has 134 valence electrons. The van der Waals surface area contributed by atoms with Crippen LogP contribution in [0.15, 0.2) is 42.5 Å². The highest BCUT2D eigenvalue weighted by Crippen LogP contribution is 2.15. The number of hydrogen-bond acceptors (Lipinski definition) is 3. The molecule has 2 N–H and O–H groups in total. The van der Waals surface area contributed by atoms with E-state index in [1.165, 1.54) is 18.2 Å². The number of aryl methyl sites for hydroxylation is 1. The smallest absolute Gasteiger partial charge is 0.387 e. The van der Waals surface area contributed by atoms with Gasteiger partial charge in [0, 0.05) is 12.2 Å². The summed E-state index contributed by atoms with van der Waals surface area (Å²) in [5.41, 5.74) is 1.96. The van der Waals surface area contributed by atoms with Crippen molar-refractivity contribution in [2.75, 3.05) is 18.4 Å². The Labute approximate surface area is 144 Å². The van der Waals surface area contributed by atoms with Gasteiger partial charge in [-0.3, -0.25) is 4.79 Å². The van der Waals surface area contributed by atoms with Crippen LogP contribution in [0.1, 0.15) is 11.1 Å². The molecule has 0 heterocycles. The molecule has 1 amide bonds. The van der Waals surface area contributed by atoms with Gasteiger partial charge < -0.3 is 15.4 Å². The molecular formula is C18H19F3N2O2. The average Bonchev–Trinajstić information content (AvgIpc) is 2.57. The summed E-state index contributed by atoms with van der Waals surface area (Å²) in [6.07, 6.45) is 0.555. The molecule has 0 spiro atoms. The van der Waals surface area contributed by atoms with Crippen molar-refractivity contribution in [2.24, 2.45) is 0 Å². The number of amides is 1. The van der Waals surface area contributed by atoms with Crippen molar-refractivity contribution in [3.05, 3.63) is 59.4 Å². The van der Waals surface area contributed by atoms with E-state index in [2.05, 4.69) is 15.4 Å². The number of anilines is 1. The normalized spacial score (nSPS) is 10.6. The predicted octanol–water partition coefficient (Wildman–Crippen LogP) is 3.51. The molecule has 25 heavy (non-hydrogen) atoms. The van der Waals surface area contributed by atoms with E-state index in [9.17, 15) is 18.0 Å². The van der Waals surface area contributed by atoms with Crippen molar-refractivity contribution in [1.29, 1.82) is 0 Å². The van der Waals surface area contributed by atoms with E-state index in [1.54, 1.807) is 31.2 Å². The molecule has 0 aliphatic carbocycles. The number of carbonyl (C=O) groups is 1. The van der Waals surface area contributed by atoms with Gasteiger partial charge in [-0.2, -0.15) is 8.78 Å². The number of alkyl halides is 2. The third-order valence-corrected chi connectivity index (χ3v) is 3.51. The molecule has 0 saturated carbocycles. The molecule has 0 radical (unpaired) electrons. The molecule has 2 rings (SSSR count). The molecule has 0 aliphatic heterocycles. The maximum Gasteiger partial charge on any atom is 0.387 e. The first-order chi connectivity index (χ1) is 11.9. The number of nitrogens with one attached hydrogen (secondary N) is 2. The third kappa shape index (κ3) is 6.37. The first kappa shape index (κ1) is 18.6. The van der Waals surface area contributed by atoms with Gasteiger partial charge in [0.1, 0.15) is 11.6 Å². The van der Waals surface area contributed by atoms with Crippen LogP contribution >= 0.6 is 0 Å². The van der Waals surface area contributed by atoms with Gasteiger partial charge in [-0.1, -0.05) is 18.2 Å². The van der Waals surface area contributed by atoms with E-state index in [0.717, 1.165) is 5.56 Å². The Morgan fingerprint density at radius 2 is 1.88 bits per heavy atom. The lowest BCUT2D eigenvalue weighted by molar-refractivity contribution is -0.119. The molecule has 0 fully saturated rings. The lowest BCUT2D eigenvalue weighted by Crippen LogP contribution is -2.31. The highest BCUT2D eigenvalue weighted by molar-refractivity contribution is 5.80. The highest BCUT2D eigenvalue weighted by atomic mass is 19.3. The summed E-state index contributed by atoms with van der Waals surface area (Å²) < 4.78 is 41.8. The molecule has 0 bridgehead atoms. The van der Waals surface area contributed by atoms with Crippen LogP contribution in [0.25, 0.3) is 0 Å². The second kappa shape index (κ2) is 8.96. The summed E-state index contributed by atoms with van der Waals surface area (Å²) in [5, 5.41) is 5.57. The van der Waals surface area contributed by atoms with Crippen molar-refractivity contribution in [3.63, 3.8) is 0 Å². The number of carbonyl (C=O) groups excluding carboxylic acids is 1. The first-order valence-corrected chi connectivity index (χ1v) is 7.74. The Morgan fingerprint density at radius 1 is 1.16 bits per heavy atom. The fourth-order valence-electron chi connectivity index (χ4n) is 2.13. The van der Waals surface area contributed by atoms with Gasteiger partial charge in [0.25, 0.3) is 0 Å². The second-order valence-corrected chi connectivity index (χ2v) is 5.44. The molecule has 0 aliphatic rings. The number of halogens is 3. The minimum absolute atomic E-state index is 0.0314. The van der Waals surface area contributed by atoms with Crippen molar-refractivity contribution in [3.8, 4) is 5.75 Å². The van der Waals surface area contributed by atoms with E-state index >= 15 is 0 Å². The second-order valence-electron chi connectivity index (χ2n) is 5.44. The quantitative estimate of drug-likeness (QED) is 0.764. The molecule has 2 aromatic rings. The van der Waals surface area contributed by atoms with Crippen molar-refractivity contribution >= 4 is 11.6 Å². The summed E-state index contributed by atoms with van der Waals surface area (Å²) in [5.74, 6) is -0.458. The van der Waals surface area contributed by atoms with Crippen LogP contribution < -0.4 is 15.4 Å². The number of benzene rings is 2. The molecule has 0 saturated heterocycles. The number of ether oxygens (including phenoxy) is 1. The van der Waals surface area contributed by atoms with Gasteiger partial charge in [-0.15, -0.1) is 0 Å². The van der Waals surface area contributed by atoms with Crippen LogP contribution in [0, 0.1) is 12.7 Å².